The van der Waals surface area contributed by atoms with E-state index in [2.05, 4.69) is 187 Å². The number of hydrogen-bond acceptors (Lipinski definition) is 0. The van der Waals surface area contributed by atoms with Gasteiger partial charge in [0.25, 0.3) is 0 Å². The average Bonchev–Trinajstić information content (AvgIpc) is 3.59. The minimum absolute atomic E-state index is 0. The Labute approximate surface area is 341 Å². The van der Waals surface area contributed by atoms with Crippen LogP contribution in [0.3, 0.4) is 0 Å². The molecule has 51 heavy (non-hydrogen) atoms. The summed E-state index contributed by atoms with van der Waals surface area (Å²) in [6.07, 6.45) is 0. The van der Waals surface area contributed by atoms with E-state index in [4.69, 9.17) is 0 Å². The van der Waals surface area contributed by atoms with E-state index in [1.54, 1.807) is 0 Å². The first-order chi connectivity index (χ1) is 21.9. The molecule has 0 heterocycles. The molecule has 0 aliphatic carbocycles. The molecular formula is C47H60Cl2SiZr-4. The maximum absolute atomic E-state index is 3.06. The third-order valence-corrected chi connectivity index (χ3v) is 9.18. The van der Waals surface area contributed by atoms with Crippen LogP contribution in [-0.4, -0.2) is 6.88 Å². The fourth-order valence-corrected chi connectivity index (χ4v) is 6.28. The average molecular weight is 815 g/mol. The number of rotatable bonds is 2. The van der Waals surface area contributed by atoms with Gasteiger partial charge >= 0.3 is 30.2 Å². The monoisotopic (exact) mass is 812 g/mol. The van der Waals surface area contributed by atoms with E-state index in [0.29, 0.717) is 0 Å². The molecule has 0 saturated heterocycles. The Morgan fingerprint density at radius 2 is 0.961 bits per heavy atom. The van der Waals surface area contributed by atoms with Crippen LogP contribution in [0.15, 0.2) is 97.1 Å². The molecule has 2 radical (unpaired) electrons. The number of halogens is 2. The molecule has 0 aromatic heterocycles. The predicted octanol–water partition coefficient (Wildman–Crippen LogP) is 14.6. The summed E-state index contributed by atoms with van der Waals surface area (Å²) < 4.78 is 0. The molecule has 0 unspecified atom stereocenters. The zero-order valence-corrected chi connectivity index (χ0v) is 38.6. The van der Waals surface area contributed by atoms with Crippen molar-refractivity contribution in [3.8, 4) is 22.3 Å². The molecule has 0 bridgehead atoms. The van der Waals surface area contributed by atoms with Crippen LogP contribution in [-0.2, 0) is 39.6 Å². The molecule has 274 valence electrons. The molecule has 6 aromatic carbocycles. The van der Waals surface area contributed by atoms with Crippen molar-refractivity contribution >= 4 is 53.2 Å². The number of hydrogen-bond donors (Lipinski definition) is 0. The van der Waals surface area contributed by atoms with Gasteiger partial charge in [-0.2, -0.15) is 12.1 Å². The number of aryl methyl sites for hydroxylation is 3. The summed E-state index contributed by atoms with van der Waals surface area (Å²) in [4.78, 5) is 0. The molecule has 0 nitrogen and oxygen atoms in total. The van der Waals surface area contributed by atoms with Gasteiger partial charge in [0.05, 0.1) is 0 Å². The van der Waals surface area contributed by atoms with Gasteiger partial charge in [0.2, 0.25) is 0 Å². The second-order valence-corrected chi connectivity index (χ2v) is 16.3. The maximum atomic E-state index is 3.06. The second-order valence-electron chi connectivity index (χ2n) is 16.3. The van der Waals surface area contributed by atoms with Gasteiger partial charge in [-0.3, -0.25) is 0 Å². The molecule has 6 aromatic rings. The van der Waals surface area contributed by atoms with E-state index in [1.165, 1.54) is 101 Å². The van der Waals surface area contributed by atoms with Crippen LogP contribution < -0.4 is 0 Å². The van der Waals surface area contributed by atoms with Crippen molar-refractivity contribution in [2.75, 3.05) is 0 Å². The summed E-state index contributed by atoms with van der Waals surface area (Å²) >= 11 is 1.36. The number of benzene rings is 4. The Kier molecular flexibility index (Phi) is 18.4. The van der Waals surface area contributed by atoms with Crippen molar-refractivity contribution < 1.29 is 23.3 Å². The van der Waals surface area contributed by atoms with E-state index in [9.17, 15) is 0 Å². The van der Waals surface area contributed by atoms with Gasteiger partial charge < -0.3 is 14.9 Å². The minimum atomic E-state index is 0. The Morgan fingerprint density at radius 3 is 1.47 bits per heavy atom. The quantitative estimate of drug-likeness (QED) is 0.121. The van der Waals surface area contributed by atoms with E-state index >= 15 is 0 Å². The van der Waals surface area contributed by atoms with Crippen LogP contribution in [0.5, 0.6) is 0 Å². The van der Waals surface area contributed by atoms with Crippen molar-refractivity contribution in [2.45, 2.75) is 99.3 Å². The van der Waals surface area contributed by atoms with Gasteiger partial charge in [-0.1, -0.05) is 149 Å². The molecule has 0 spiro atoms. The first-order valence-electron chi connectivity index (χ1n) is 16.8. The molecular weight excluding hydrogens is 755 g/mol. The molecule has 0 fully saturated rings. The van der Waals surface area contributed by atoms with E-state index in [-0.39, 0.29) is 55.9 Å². The Bertz CT molecular complexity index is 1960. The van der Waals surface area contributed by atoms with Gasteiger partial charge in [-0.15, -0.1) is 93.4 Å². The van der Waals surface area contributed by atoms with E-state index in [1.807, 2.05) is 0 Å². The second kappa shape index (κ2) is 19.2. The van der Waals surface area contributed by atoms with Gasteiger partial charge in [-0.25, -0.2) is 0 Å². The molecule has 0 atom stereocenters. The zero-order chi connectivity index (χ0) is 34.9. The topological polar surface area (TPSA) is 0 Å². The molecule has 0 saturated carbocycles. The van der Waals surface area contributed by atoms with Crippen molar-refractivity contribution in [3.05, 3.63) is 145 Å². The SMILES string of the molecule is Cc1cc2c(-c3cc(C(C)(C)C)cc(C(C)(C)C)c3)ccc(C)c2[cH-]1.Cc1cc2c(-c3ccc(C(C)(C)C)cc3)cccc2[cH-]1.Cl.Cl.[CH3-].[CH3-].[Si]=[Zr]. The molecule has 6 rings (SSSR count). The summed E-state index contributed by atoms with van der Waals surface area (Å²) in [5.41, 5.74) is 14.0. The molecule has 0 N–H and O–H groups in total. The van der Waals surface area contributed by atoms with Gasteiger partial charge in [0.1, 0.15) is 0 Å². The van der Waals surface area contributed by atoms with Gasteiger partial charge in [0, 0.05) is 0 Å². The van der Waals surface area contributed by atoms with E-state index < -0.39 is 0 Å². The molecule has 0 aliphatic heterocycles. The normalized spacial score (nSPS) is 11.0. The Morgan fingerprint density at radius 1 is 0.490 bits per heavy atom. The van der Waals surface area contributed by atoms with Crippen molar-refractivity contribution in [2.24, 2.45) is 0 Å². The van der Waals surface area contributed by atoms with Gasteiger partial charge in [-0.05, 0) is 44.1 Å². The van der Waals surface area contributed by atoms with Gasteiger partial charge in [0.15, 0.2) is 0 Å². The first kappa shape index (κ1) is 48.8. The van der Waals surface area contributed by atoms with Crippen molar-refractivity contribution in [1.82, 2.24) is 0 Å². The third-order valence-electron chi connectivity index (χ3n) is 9.18. The summed E-state index contributed by atoms with van der Waals surface area (Å²) in [7, 11) is 0. The summed E-state index contributed by atoms with van der Waals surface area (Å²) in [6, 6.07) is 36.5. The summed E-state index contributed by atoms with van der Waals surface area (Å²) in [5.74, 6) is 0. The number of fused-ring (bicyclic) bond motifs is 2. The summed E-state index contributed by atoms with van der Waals surface area (Å²) in [6.45, 7) is 30.2. The van der Waals surface area contributed by atoms with Crippen LogP contribution >= 0.6 is 24.8 Å². The van der Waals surface area contributed by atoms with Crippen molar-refractivity contribution in [1.29, 1.82) is 0 Å². The molecule has 0 aliphatic rings. The Balaban J connectivity index is 0.000000884. The van der Waals surface area contributed by atoms with Crippen molar-refractivity contribution in [3.63, 3.8) is 0 Å². The van der Waals surface area contributed by atoms with Crippen LogP contribution in [0.25, 0.3) is 43.8 Å². The Hall–Kier alpha value is -2.22. The van der Waals surface area contributed by atoms with Crippen LogP contribution in [0.2, 0.25) is 0 Å². The predicted molar refractivity (Wildman–Crippen MR) is 233 cm³/mol. The first-order valence-corrected chi connectivity index (χ1v) is 21.0. The zero-order valence-electron chi connectivity index (χ0n) is 33.6. The molecule has 4 heteroatoms. The molecule has 0 amide bonds. The van der Waals surface area contributed by atoms with Crippen LogP contribution in [0.4, 0.5) is 0 Å². The van der Waals surface area contributed by atoms with E-state index in [0.717, 1.165) is 0 Å². The summed E-state index contributed by atoms with van der Waals surface area (Å²) in [5, 5.41) is 5.45. The standard InChI is InChI=1S/C25H31.C20H21.2CH3.2ClH.Si.Zr/c1-16-11-22-17(2)9-10-21(23(22)12-16)18-13-19(24(3,4)5)15-20(14-18)25(6,7)8;1-14-12-16-6-5-7-18(19(16)13-14)15-8-10-17(11-9-15)20(2,3)4;;;;;;/h9-15H,1-8H3;5-13H,1-4H3;2*1H3;2*1H;;/q4*-1;;;;. The fourth-order valence-electron chi connectivity index (χ4n) is 6.28. The van der Waals surface area contributed by atoms with Crippen LogP contribution in [0.1, 0.15) is 95.7 Å². The third kappa shape index (κ3) is 11.6. The fraction of sp³-hybridized carbons (Fsp3) is 0.319. The van der Waals surface area contributed by atoms with Crippen LogP contribution in [0, 0.1) is 35.6 Å².